The molecule has 2 aliphatic rings. The highest BCUT2D eigenvalue weighted by Gasteiger charge is 2.23. The van der Waals surface area contributed by atoms with Crippen molar-refractivity contribution < 1.29 is 4.74 Å². The van der Waals surface area contributed by atoms with Crippen LogP contribution in [-0.2, 0) is 11.2 Å². The molecular weight excluding hydrogens is 212 g/mol. The van der Waals surface area contributed by atoms with E-state index in [0.29, 0.717) is 6.61 Å². The Balaban J connectivity index is 2.19. The van der Waals surface area contributed by atoms with Crippen molar-refractivity contribution in [2.75, 3.05) is 13.2 Å². The number of hydrogen-bond donors (Lipinski definition) is 1. The minimum absolute atomic E-state index is 0.711. The maximum absolute atomic E-state index is 9.21. The third kappa shape index (κ3) is 1.66. The Morgan fingerprint density at radius 1 is 1.29 bits per heavy atom. The number of hydrogen-bond acceptors (Lipinski definition) is 3. The minimum Gasteiger partial charge on any atom is -0.491 e. The van der Waals surface area contributed by atoms with Gasteiger partial charge < -0.3 is 10.1 Å². The van der Waals surface area contributed by atoms with Gasteiger partial charge in [-0.2, -0.15) is 5.26 Å². The molecule has 1 saturated heterocycles. The molecule has 0 amide bonds. The van der Waals surface area contributed by atoms with Crippen molar-refractivity contribution in [1.29, 1.82) is 5.26 Å². The van der Waals surface area contributed by atoms with Gasteiger partial charge >= 0.3 is 0 Å². The smallest absolute Gasteiger partial charge is 0.146 e. The highest BCUT2D eigenvalue weighted by molar-refractivity contribution is 5.72. The number of rotatable bonds is 0. The Bertz CT molecular complexity index is 518. The van der Waals surface area contributed by atoms with Crippen LogP contribution in [0.1, 0.15) is 29.5 Å². The fourth-order valence-electron chi connectivity index (χ4n) is 2.53. The highest BCUT2D eigenvalue weighted by atomic mass is 16.5. The number of nitrogens with one attached hydrogen (secondary N) is 1. The first kappa shape index (κ1) is 10.2. The van der Waals surface area contributed by atoms with Gasteiger partial charge in [0.2, 0.25) is 0 Å². The zero-order chi connectivity index (χ0) is 11.7. The second-order valence-corrected chi connectivity index (χ2v) is 4.39. The summed E-state index contributed by atoms with van der Waals surface area (Å²) in [5, 5.41) is 12.6. The number of allylic oxidation sites excluding steroid dienone is 1. The van der Waals surface area contributed by atoms with Gasteiger partial charge in [-0.05, 0) is 24.5 Å². The molecule has 3 rings (SSSR count). The molecule has 0 saturated carbocycles. The molecule has 1 aromatic carbocycles. The van der Waals surface area contributed by atoms with Gasteiger partial charge in [0, 0.05) is 18.5 Å². The summed E-state index contributed by atoms with van der Waals surface area (Å²) in [4.78, 5) is 0. The highest BCUT2D eigenvalue weighted by Crippen LogP contribution is 2.33. The lowest BCUT2D eigenvalue weighted by molar-refractivity contribution is 0.266. The van der Waals surface area contributed by atoms with Crippen LogP contribution in [0.5, 0.6) is 0 Å². The Hall–Kier alpha value is -1.95. The van der Waals surface area contributed by atoms with E-state index in [9.17, 15) is 5.26 Å². The first-order chi connectivity index (χ1) is 8.40. The van der Waals surface area contributed by atoms with E-state index >= 15 is 0 Å². The molecule has 0 atom stereocenters. The number of nitrogens with zero attached hydrogens (tertiary/aromatic N) is 1. The largest absolute Gasteiger partial charge is 0.491 e. The van der Waals surface area contributed by atoms with Crippen molar-refractivity contribution in [3.63, 3.8) is 0 Å². The maximum Gasteiger partial charge on any atom is 0.146 e. The zero-order valence-corrected chi connectivity index (χ0v) is 9.62. The molecule has 0 aliphatic carbocycles. The van der Waals surface area contributed by atoms with Crippen LogP contribution in [0.3, 0.4) is 0 Å². The minimum atomic E-state index is 0.711. The molecule has 0 radical (unpaired) electrons. The van der Waals surface area contributed by atoms with E-state index in [1.165, 1.54) is 5.56 Å². The molecule has 2 heterocycles. The second-order valence-electron chi connectivity index (χ2n) is 4.39. The van der Waals surface area contributed by atoms with E-state index in [1.807, 2.05) is 12.1 Å². The quantitative estimate of drug-likeness (QED) is 0.737. The fourth-order valence-corrected chi connectivity index (χ4v) is 2.53. The van der Waals surface area contributed by atoms with Crippen molar-refractivity contribution in [3.8, 4) is 6.07 Å². The predicted octanol–water partition coefficient (Wildman–Crippen LogP) is 2.18. The normalized spacial score (nSPS) is 22.3. The van der Waals surface area contributed by atoms with Crippen LogP contribution in [0.25, 0.3) is 5.76 Å². The van der Waals surface area contributed by atoms with Crippen LogP contribution in [0, 0.1) is 11.3 Å². The first-order valence-corrected chi connectivity index (χ1v) is 6.02. The van der Waals surface area contributed by atoms with Gasteiger partial charge in [-0.1, -0.05) is 12.1 Å². The molecule has 0 unspecified atom stereocenters. The summed E-state index contributed by atoms with van der Waals surface area (Å²) in [6.45, 7) is 1.72. The van der Waals surface area contributed by atoms with Crippen LogP contribution in [0.15, 0.2) is 23.9 Å². The van der Waals surface area contributed by atoms with Crippen LogP contribution in [-0.4, -0.2) is 13.2 Å². The van der Waals surface area contributed by atoms with E-state index in [-0.39, 0.29) is 0 Å². The summed E-state index contributed by atoms with van der Waals surface area (Å²) in [5.74, 6) is 0.904. The topological polar surface area (TPSA) is 45.0 Å². The average Bonchev–Trinajstić information content (AvgIpc) is 2.91. The van der Waals surface area contributed by atoms with Gasteiger partial charge in [0.05, 0.1) is 23.9 Å². The van der Waals surface area contributed by atoms with Gasteiger partial charge in [-0.3, -0.25) is 0 Å². The lowest BCUT2D eigenvalue weighted by Crippen LogP contribution is -2.16. The van der Waals surface area contributed by atoms with Gasteiger partial charge in [-0.25, -0.2) is 0 Å². The Kier molecular flexibility index (Phi) is 2.49. The lowest BCUT2D eigenvalue weighted by atomic mass is 9.95. The van der Waals surface area contributed by atoms with E-state index in [2.05, 4.69) is 17.5 Å². The maximum atomic E-state index is 9.21. The van der Waals surface area contributed by atoms with Gasteiger partial charge in [0.15, 0.2) is 0 Å². The van der Waals surface area contributed by atoms with E-state index < -0.39 is 0 Å². The molecule has 3 heteroatoms. The van der Waals surface area contributed by atoms with Crippen LogP contribution < -0.4 is 5.32 Å². The Labute approximate surface area is 101 Å². The number of fused-ring (bicyclic) bond motifs is 1. The molecule has 17 heavy (non-hydrogen) atoms. The van der Waals surface area contributed by atoms with Crippen LogP contribution in [0.4, 0.5) is 0 Å². The lowest BCUT2D eigenvalue weighted by Gasteiger charge is -2.23. The molecular formula is C14H14N2O. The first-order valence-electron chi connectivity index (χ1n) is 6.02. The van der Waals surface area contributed by atoms with Crippen molar-refractivity contribution >= 4 is 5.76 Å². The summed E-state index contributed by atoms with van der Waals surface area (Å²) < 4.78 is 5.80. The summed E-state index contributed by atoms with van der Waals surface area (Å²) >= 11 is 0. The fraction of sp³-hybridized carbons (Fsp3) is 0.357. The average molecular weight is 226 g/mol. The standard InChI is InChI=1S/C14H14N2O/c15-9-11-4-1-3-10-6-8-17-14(13(10)11)12-5-2-7-16-12/h1,3-4,16H,2,5-8H2/b14-12-. The van der Waals surface area contributed by atoms with Gasteiger partial charge in [0.1, 0.15) is 5.76 Å². The number of benzene rings is 1. The zero-order valence-electron chi connectivity index (χ0n) is 9.62. The van der Waals surface area contributed by atoms with Gasteiger partial charge in [-0.15, -0.1) is 0 Å². The number of nitriles is 1. The van der Waals surface area contributed by atoms with E-state index in [1.54, 1.807) is 0 Å². The molecule has 1 aromatic rings. The van der Waals surface area contributed by atoms with Crippen molar-refractivity contribution in [3.05, 3.63) is 40.6 Å². The summed E-state index contributed by atoms with van der Waals surface area (Å²) in [6.07, 6.45) is 3.06. The Morgan fingerprint density at radius 2 is 2.24 bits per heavy atom. The van der Waals surface area contributed by atoms with Crippen LogP contribution >= 0.6 is 0 Å². The van der Waals surface area contributed by atoms with Gasteiger partial charge in [0.25, 0.3) is 0 Å². The van der Waals surface area contributed by atoms with Crippen LogP contribution in [0.2, 0.25) is 0 Å². The molecule has 2 aliphatic heterocycles. The summed E-state index contributed by atoms with van der Waals surface area (Å²) in [7, 11) is 0. The second kappa shape index (κ2) is 4.14. The number of ether oxygens (including phenoxy) is 1. The molecule has 3 nitrogen and oxygen atoms in total. The third-order valence-electron chi connectivity index (χ3n) is 3.33. The van der Waals surface area contributed by atoms with Crippen molar-refractivity contribution in [2.45, 2.75) is 19.3 Å². The molecule has 86 valence electrons. The van der Waals surface area contributed by atoms with Crippen molar-refractivity contribution in [2.24, 2.45) is 0 Å². The predicted molar refractivity (Wildman–Crippen MR) is 65.0 cm³/mol. The third-order valence-corrected chi connectivity index (χ3v) is 3.33. The van der Waals surface area contributed by atoms with E-state index in [4.69, 9.17) is 4.74 Å². The molecule has 1 fully saturated rings. The van der Waals surface area contributed by atoms with Crippen molar-refractivity contribution in [1.82, 2.24) is 5.32 Å². The summed E-state index contributed by atoms with van der Waals surface area (Å²) in [5.41, 5.74) is 4.12. The monoisotopic (exact) mass is 226 g/mol. The molecule has 0 bridgehead atoms. The summed E-state index contributed by atoms with van der Waals surface area (Å²) in [6, 6.07) is 8.17. The molecule has 1 N–H and O–H groups in total. The molecule has 0 aromatic heterocycles. The van der Waals surface area contributed by atoms with E-state index in [0.717, 1.165) is 48.4 Å². The Morgan fingerprint density at radius 3 is 3.00 bits per heavy atom. The SMILES string of the molecule is N#Cc1cccc2c1/C(=C1\CCCN1)OCC2. The molecule has 0 spiro atoms.